The second kappa shape index (κ2) is 13.1. The van der Waals surface area contributed by atoms with Crippen LogP contribution in [0, 0.1) is 5.41 Å². The number of hydrogen-bond donors (Lipinski definition) is 2. The van der Waals surface area contributed by atoms with Gasteiger partial charge < -0.3 is 10.5 Å². The molecule has 166 valence electrons. The Hall–Kier alpha value is -1.15. The molecule has 28 heavy (non-hydrogen) atoms. The van der Waals surface area contributed by atoms with Crippen molar-refractivity contribution in [1.29, 1.82) is 0 Å². The molecule has 0 spiro atoms. The molecule has 0 aliphatic heterocycles. The zero-order valence-corrected chi connectivity index (χ0v) is 18.7. The third-order valence-electron chi connectivity index (χ3n) is 5.71. The van der Waals surface area contributed by atoms with Crippen LogP contribution in [0.3, 0.4) is 0 Å². The van der Waals surface area contributed by atoms with Gasteiger partial charge in [-0.2, -0.15) is 8.42 Å². The summed E-state index contributed by atoms with van der Waals surface area (Å²) in [4.78, 5) is 23.8. The highest BCUT2D eigenvalue weighted by molar-refractivity contribution is 7.87. The van der Waals surface area contributed by atoms with Gasteiger partial charge in [0, 0.05) is 5.41 Å². The maximum atomic E-state index is 12.6. The van der Waals surface area contributed by atoms with Crippen LogP contribution in [0.5, 0.6) is 0 Å². The number of nitrogens with two attached hydrogens (primary N) is 1. The molecule has 2 unspecified atom stereocenters. The Labute approximate surface area is 170 Å². The van der Waals surface area contributed by atoms with Crippen LogP contribution in [-0.2, 0) is 24.4 Å². The van der Waals surface area contributed by atoms with Gasteiger partial charge in [-0.3, -0.25) is 14.1 Å². The smallest absolute Gasteiger partial charge is 0.327 e. The standard InChI is InChI=1S/C20H39NO6S/c1-5-9-11-12-13-17(20(7-3,8-4)14-10-6-2)27-19(23)16(15-18(21)22)28(24,25)26/h16-17H,5-15H2,1-4H3,(H2,21,22)(H,24,25,26). The Balaban J connectivity index is 5.63. The number of esters is 1. The summed E-state index contributed by atoms with van der Waals surface area (Å²) in [5, 5.41) is -1.97. The van der Waals surface area contributed by atoms with Gasteiger partial charge in [0.05, 0.1) is 6.42 Å². The fourth-order valence-corrected chi connectivity index (χ4v) is 4.38. The van der Waals surface area contributed by atoms with Gasteiger partial charge in [0.2, 0.25) is 5.91 Å². The number of rotatable bonds is 16. The van der Waals surface area contributed by atoms with Crippen LogP contribution < -0.4 is 5.73 Å². The lowest BCUT2D eigenvalue weighted by Crippen LogP contribution is -2.43. The summed E-state index contributed by atoms with van der Waals surface area (Å²) in [7, 11) is -4.79. The maximum Gasteiger partial charge on any atom is 0.327 e. The molecule has 0 aliphatic rings. The second-order valence-electron chi connectivity index (χ2n) is 7.62. The van der Waals surface area contributed by atoms with Crippen molar-refractivity contribution in [3.63, 3.8) is 0 Å². The van der Waals surface area contributed by atoms with Crippen LogP contribution in [0.25, 0.3) is 0 Å². The molecule has 0 aromatic carbocycles. The molecule has 0 aliphatic carbocycles. The number of primary amides is 1. The van der Waals surface area contributed by atoms with Crippen molar-refractivity contribution in [3.8, 4) is 0 Å². The van der Waals surface area contributed by atoms with Gasteiger partial charge in [0.1, 0.15) is 6.10 Å². The second-order valence-corrected chi connectivity index (χ2v) is 9.22. The van der Waals surface area contributed by atoms with Crippen LogP contribution in [0.4, 0.5) is 0 Å². The van der Waals surface area contributed by atoms with E-state index in [2.05, 4.69) is 27.7 Å². The van der Waals surface area contributed by atoms with E-state index in [1.807, 2.05) is 0 Å². The molecule has 0 rings (SSSR count). The van der Waals surface area contributed by atoms with Crippen molar-refractivity contribution in [2.75, 3.05) is 0 Å². The first kappa shape index (κ1) is 26.9. The van der Waals surface area contributed by atoms with Gasteiger partial charge in [-0.05, 0) is 32.1 Å². The minimum atomic E-state index is -4.79. The van der Waals surface area contributed by atoms with Gasteiger partial charge in [-0.25, -0.2) is 0 Å². The largest absolute Gasteiger partial charge is 0.461 e. The fraction of sp³-hybridized carbons (Fsp3) is 0.900. The summed E-state index contributed by atoms with van der Waals surface area (Å²) in [6.45, 7) is 8.31. The van der Waals surface area contributed by atoms with Crippen LogP contribution >= 0.6 is 0 Å². The SMILES string of the molecule is CCCCCCC(OC(=O)C(CC(N)=O)S(=O)(=O)O)C(CC)(CC)CCCC. The number of amides is 1. The van der Waals surface area contributed by atoms with E-state index in [0.717, 1.165) is 57.8 Å². The first-order chi connectivity index (χ1) is 13.1. The molecule has 0 bridgehead atoms. The van der Waals surface area contributed by atoms with E-state index in [-0.39, 0.29) is 5.41 Å². The Morgan fingerprint density at radius 2 is 1.57 bits per heavy atom. The van der Waals surface area contributed by atoms with Crippen molar-refractivity contribution < 1.29 is 27.3 Å². The first-order valence-corrected chi connectivity index (χ1v) is 12.0. The van der Waals surface area contributed by atoms with E-state index in [1.54, 1.807) is 0 Å². The zero-order chi connectivity index (χ0) is 21.8. The molecule has 0 saturated carbocycles. The predicted octanol–water partition coefficient (Wildman–Crippen LogP) is 4.00. The Kier molecular flexibility index (Phi) is 12.6. The Morgan fingerprint density at radius 1 is 1.00 bits per heavy atom. The van der Waals surface area contributed by atoms with Gasteiger partial charge >= 0.3 is 5.97 Å². The van der Waals surface area contributed by atoms with Crippen LogP contribution in [0.15, 0.2) is 0 Å². The van der Waals surface area contributed by atoms with Crippen LogP contribution in [-0.4, -0.2) is 36.2 Å². The molecule has 0 saturated heterocycles. The summed E-state index contributed by atoms with van der Waals surface area (Å²) in [5.41, 5.74) is 4.80. The van der Waals surface area contributed by atoms with Gasteiger partial charge in [0.25, 0.3) is 10.1 Å². The zero-order valence-electron chi connectivity index (χ0n) is 17.9. The van der Waals surface area contributed by atoms with Crippen molar-refractivity contribution >= 4 is 22.0 Å². The lowest BCUT2D eigenvalue weighted by atomic mass is 9.71. The minimum Gasteiger partial charge on any atom is -0.461 e. The molecule has 0 aromatic heterocycles. The molecule has 0 heterocycles. The van der Waals surface area contributed by atoms with Gasteiger partial charge in [-0.1, -0.05) is 59.8 Å². The molecule has 0 fully saturated rings. The van der Waals surface area contributed by atoms with E-state index >= 15 is 0 Å². The highest BCUT2D eigenvalue weighted by atomic mass is 32.2. The molecule has 3 N–H and O–H groups in total. The van der Waals surface area contributed by atoms with E-state index in [0.29, 0.717) is 6.42 Å². The van der Waals surface area contributed by atoms with E-state index in [1.165, 1.54) is 0 Å². The molecule has 0 aromatic rings. The topological polar surface area (TPSA) is 124 Å². The maximum absolute atomic E-state index is 12.6. The molecular weight excluding hydrogens is 382 g/mol. The third kappa shape index (κ3) is 8.90. The van der Waals surface area contributed by atoms with Gasteiger partial charge in [-0.15, -0.1) is 0 Å². The summed E-state index contributed by atoms with van der Waals surface area (Å²) >= 11 is 0. The average molecular weight is 422 g/mol. The summed E-state index contributed by atoms with van der Waals surface area (Å²) in [6, 6.07) is 0. The van der Waals surface area contributed by atoms with Crippen molar-refractivity contribution in [2.24, 2.45) is 11.1 Å². The van der Waals surface area contributed by atoms with Crippen molar-refractivity contribution in [3.05, 3.63) is 0 Å². The molecule has 0 radical (unpaired) electrons. The van der Waals surface area contributed by atoms with Gasteiger partial charge in [0.15, 0.2) is 5.25 Å². The molecule has 1 amide bonds. The number of ether oxygens (including phenoxy) is 1. The lowest BCUT2D eigenvalue weighted by Gasteiger charge is -2.40. The first-order valence-electron chi connectivity index (χ1n) is 10.5. The highest BCUT2D eigenvalue weighted by Gasteiger charge is 2.41. The minimum absolute atomic E-state index is 0.256. The fourth-order valence-electron chi connectivity index (χ4n) is 3.70. The predicted molar refractivity (Wildman–Crippen MR) is 110 cm³/mol. The number of hydrogen-bond acceptors (Lipinski definition) is 5. The average Bonchev–Trinajstić information content (AvgIpc) is 2.62. The summed E-state index contributed by atoms with van der Waals surface area (Å²) < 4.78 is 38.3. The quantitative estimate of drug-likeness (QED) is 0.220. The van der Waals surface area contributed by atoms with E-state index in [4.69, 9.17) is 10.5 Å². The summed E-state index contributed by atoms with van der Waals surface area (Å²) in [5.74, 6) is -2.08. The molecule has 2 atom stereocenters. The van der Waals surface area contributed by atoms with E-state index in [9.17, 15) is 22.6 Å². The molecular formula is C20H39NO6S. The molecule has 8 heteroatoms. The van der Waals surface area contributed by atoms with E-state index < -0.39 is 39.8 Å². The van der Waals surface area contributed by atoms with Crippen molar-refractivity contribution in [1.82, 2.24) is 0 Å². The Morgan fingerprint density at radius 3 is 2.00 bits per heavy atom. The number of carbonyl (C=O) groups is 2. The number of unbranched alkanes of at least 4 members (excludes halogenated alkanes) is 4. The monoisotopic (exact) mass is 421 g/mol. The van der Waals surface area contributed by atoms with Crippen molar-refractivity contribution in [2.45, 2.75) is 110 Å². The van der Waals surface area contributed by atoms with Crippen LogP contribution in [0.1, 0.15) is 98.3 Å². The lowest BCUT2D eigenvalue weighted by molar-refractivity contribution is -0.159. The molecule has 7 nitrogen and oxygen atoms in total. The number of carbonyl (C=O) groups excluding carboxylic acids is 2. The van der Waals surface area contributed by atoms with Crippen LogP contribution in [0.2, 0.25) is 0 Å². The highest BCUT2D eigenvalue weighted by Crippen LogP contribution is 2.40. The normalized spacial score (nSPS) is 14.5. The Bertz CT molecular complexity index is 571. The summed E-state index contributed by atoms with van der Waals surface area (Å²) in [6.07, 6.45) is 7.85. The third-order valence-corrected chi connectivity index (χ3v) is 6.78.